The topological polar surface area (TPSA) is 94.6 Å². The first-order valence-corrected chi connectivity index (χ1v) is 10.4. The van der Waals surface area contributed by atoms with Crippen LogP contribution in [0.25, 0.3) is 10.9 Å². The highest BCUT2D eigenvalue weighted by Gasteiger charge is 2.23. The third kappa shape index (κ3) is 4.65. The van der Waals surface area contributed by atoms with Gasteiger partial charge >= 0.3 is 11.9 Å². The van der Waals surface area contributed by atoms with Gasteiger partial charge in [-0.2, -0.15) is 0 Å². The third-order valence-corrected chi connectivity index (χ3v) is 5.79. The number of carbonyl (C=O) groups is 3. The number of hydrogen-bond acceptors (Lipinski definition) is 7. The van der Waals surface area contributed by atoms with E-state index in [2.05, 4.69) is 10.3 Å². The summed E-state index contributed by atoms with van der Waals surface area (Å²) in [5.41, 5.74) is 1.91. The smallest absolute Gasteiger partial charge is 0.357 e. The summed E-state index contributed by atoms with van der Waals surface area (Å²) in [6.45, 7) is 5.26. The Morgan fingerprint density at radius 1 is 1.03 bits per heavy atom. The number of nitrogens with one attached hydrogen (secondary N) is 1. The van der Waals surface area contributed by atoms with E-state index >= 15 is 0 Å². The van der Waals surface area contributed by atoms with E-state index < -0.39 is 24.5 Å². The van der Waals surface area contributed by atoms with Crippen LogP contribution in [0.15, 0.2) is 36.4 Å². The summed E-state index contributed by atoms with van der Waals surface area (Å²) < 4.78 is 10.2. The molecule has 0 aliphatic rings. The number of hydrogen-bond donors (Lipinski definition) is 1. The molecule has 0 aliphatic carbocycles. The Morgan fingerprint density at radius 3 is 2.53 bits per heavy atom. The molecule has 0 bridgehead atoms. The normalized spacial score (nSPS) is 10.6. The van der Waals surface area contributed by atoms with Crippen LogP contribution in [0.2, 0.25) is 0 Å². The molecule has 8 heteroatoms. The average Bonchev–Trinajstić information content (AvgIpc) is 3.06. The van der Waals surface area contributed by atoms with E-state index in [0.717, 1.165) is 22.2 Å². The number of esters is 2. The van der Waals surface area contributed by atoms with E-state index in [1.807, 2.05) is 32.0 Å². The highest BCUT2D eigenvalue weighted by atomic mass is 32.1. The van der Waals surface area contributed by atoms with Gasteiger partial charge in [0.05, 0.1) is 17.7 Å². The van der Waals surface area contributed by atoms with Gasteiger partial charge in [-0.15, -0.1) is 11.3 Å². The zero-order chi connectivity index (χ0) is 21.7. The lowest BCUT2D eigenvalue weighted by Gasteiger charge is -2.08. The van der Waals surface area contributed by atoms with Crippen LogP contribution in [-0.4, -0.2) is 36.0 Å². The van der Waals surface area contributed by atoms with Crippen molar-refractivity contribution in [2.75, 3.05) is 18.5 Å². The lowest BCUT2D eigenvalue weighted by atomic mass is 10.1. The monoisotopic (exact) mass is 426 g/mol. The summed E-state index contributed by atoms with van der Waals surface area (Å²) in [6.07, 6.45) is 0.724. The number of fused-ring (bicyclic) bond motifs is 1. The Bertz CT molecular complexity index is 1110. The minimum Gasteiger partial charge on any atom is -0.462 e. The lowest BCUT2D eigenvalue weighted by Crippen LogP contribution is -2.22. The molecule has 7 nitrogen and oxygen atoms in total. The van der Waals surface area contributed by atoms with E-state index in [9.17, 15) is 14.4 Å². The van der Waals surface area contributed by atoms with E-state index in [-0.39, 0.29) is 12.3 Å². The summed E-state index contributed by atoms with van der Waals surface area (Å²) in [5, 5.41) is 3.96. The van der Waals surface area contributed by atoms with Crippen LogP contribution >= 0.6 is 11.3 Å². The number of para-hydroxylation sites is 1. The van der Waals surface area contributed by atoms with Crippen molar-refractivity contribution in [3.8, 4) is 0 Å². The van der Waals surface area contributed by atoms with Gasteiger partial charge in [-0.05, 0) is 38.0 Å². The number of nitrogens with zero attached hydrogens (tertiary/aromatic N) is 1. The fraction of sp³-hybridized carbons (Fsp3) is 0.273. The molecule has 156 valence electrons. The number of pyridine rings is 1. The van der Waals surface area contributed by atoms with Gasteiger partial charge in [0.2, 0.25) is 0 Å². The molecule has 0 saturated carbocycles. The van der Waals surface area contributed by atoms with Gasteiger partial charge in [0.25, 0.3) is 5.91 Å². The van der Waals surface area contributed by atoms with Crippen LogP contribution in [0.1, 0.15) is 45.1 Å². The first-order valence-electron chi connectivity index (χ1n) is 9.56. The maximum atomic E-state index is 12.3. The molecular weight excluding hydrogens is 404 g/mol. The van der Waals surface area contributed by atoms with Crippen LogP contribution in [0, 0.1) is 6.92 Å². The number of amides is 1. The lowest BCUT2D eigenvalue weighted by molar-refractivity contribution is -0.119. The molecule has 0 spiro atoms. The van der Waals surface area contributed by atoms with Crippen molar-refractivity contribution in [2.24, 2.45) is 0 Å². The van der Waals surface area contributed by atoms with Crippen LogP contribution in [0.3, 0.4) is 0 Å². The molecule has 1 aromatic carbocycles. The molecule has 1 N–H and O–H groups in total. The average molecular weight is 426 g/mol. The van der Waals surface area contributed by atoms with Crippen molar-refractivity contribution in [1.82, 2.24) is 4.98 Å². The van der Waals surface area contributed by atoms with Crippen molar-refractivity contribution in [2.45, 2.75) is 27.2 Å². The molecule has 0 unspecified atom stereocenters. The van der Waals surface area contributed by atoms with Gasteiger partial charge in [-0.1, -0.05) is 31.2 Å². The molecule has 0 radical (unpaired) electrons. The van der Waals surface area contributed by atoms with Gasteiger partial charge in [-0.25, -0.2) is 14.6 Å². The Kier molecular flexibility index (Phi) is 6.79. The number of aryl methyl sites for hydroxylation is 1. The minimum atomic E-state index is -0.696. The number of carbonyl (C=O) groups excluding carboxylic acids is 3. The maximum absolute atomic E-state index is 12.3. The summed E-state index contributed by atoms with van der Waals surface area (Å²) in [6, 6.07) is 10.7. The fourth-order valence-corrected chi connectivity index (χ4v) is 4.13. The molecule has 2 heterocycles. The van der Waals surface area contributed by atoms with Crippen LogP contribution in [0.5, 0.6) is 0 Å². The zero-order valence-electron chi connectivity index (χ0n) is 17.0. The number of aromatic nitrogens is 1. The Balaban J connectivity index is 1.68. The van der Waals surface area contributed by atoms with Crippen LogP contribution < -0.4 is 5.32 Å². The Hall–Kier alpha value is -3.26. The van der Waals surface area contributed by atoms with Gasteiger partial charge in [0, 0.05) is 10.3 Å². The van der Waals surface area contributed by atoms with E-state index in [4.69, 9.17) is 9.47 Å². The molecule has 30 heavy (non-hydrogen) atoms. The number of ether oxygens (including phenoxy) is 2. The maximum Gasteiger partial charge on any atom is 0.357 e. The summed E-state index contributed by atoms with van der Waals surface area (Å²) in [5.74, 6) is -1.73. The SMILES string of the molecule is CCOC(=O)c1c(NC(=O)COC(=O)c2ccc3ccccc3n2)sc(CC)c1C. The summed E-state index contributed by atoms with van der Waals surface area (Å²) in [4.78, 5) is 42.1. The van der Waals surface area contributed by atoms with Crippen molar-refractivity contribution in [1.29, 1.82) is 0 Å². The largest absolute Gasteiger partial charge is 0.462 e. The molecule has 0 fully saturated rings. The molecular formula is C22H22N2O5S. The second-order valence-electron chi connectivity index (χ2n) is 6.44. The Morgan fingerprint density at radius 2 is 1.80 bits per heavy atom. The van der Waals surface area contributed by atoms with Gasteiger partial charge in [0.1, 0.15) is 10.7 Å². The van der Waals surface area contributed by atoms with E-state index in [1.54, 1.807) is 25.1 Å². The highest BCUT2D eigenvalue weighted by molar-refractivity contribution is 7.17. The summed E-state index contributed by atoms with van der Waals surface area (Å²) in [7, 11) is 0. The van der Waals surface area contributed by atoms with Crippen LogP contribution in [0.4, 0.5) is 5.00 Å². The van der Waals surface area contributed by atoms with Gasteiger partial charge in [-0.3, -0.25) is 4.79 Å². The van der Waals surface area contributed by atoms with Crippen molar-refractivity contribution in [3.05, 3.63) is 58.1 Å². The van der Waals surface area contributed by atoms with E-state index in [1.165, 1.54) is 11.3 Å². The quantitative estimate of drug-likeness (QED) is 0.571. The zero-order valence-corrected chi connectivity index (χ0v) is 17.8. The van der Waals surface area contributed by atoms with Gasteiger partial charge < -0.3 is 14.8 Å². The number of rotatable bonds is 7. The van der Waals surface area contributed by atoms with Crippen molar-refractivity contribution >= 4 is 45.1 Å². The molecule has 0 atom stereocenters. The third-order valence-electron chi connectivity index (χ3n) is 4.44. The molecule has 3 aromatic rings. The second kappa shape index (κ2) is 9.49. The van der Waals surface area contributed by atoms with Crippen LogP contribution in [-0.2, 0) is 20.7 Å². The second-order valence-corrected chi connectivity index (χ2v) is 7.55. The number of anilines is 1. The first-order chi connectivity index (χ1) is 14.4. The predicted molar refractivity (Wildman–Crippen MR) is 115 cm³/mol. The number of thiophene rings is 1. The number of benzene rings is 1. The molecule has 2 aromatic heterocycles. The van der Waals surface area contributed by atoms with Crippen molar-refractivity contribution < 1.29 is 23.9 Å². The standard InChI is InChI=1S/C22H22N2O5S/c1-4-17-13(3)19(22(27)28-5-2)20(30-17)24-18(25)12-29-21(26)16-11-10-14-8-6-7-9-15(14)23-16/h6-11H,4-5,12H2,1-3H3,(H,24,25). The van der Waals surface area contributed by atoms with Crippen molar-refractivity contribution in [3.63, 3.8) is 0 Å². The fourth-order valence-electron chi connectivity index (χ4n) is 2.98. The summed E-state index contributed by atoms with van der Waals surface area (Å²) >= 11 is 1.32. The molecule has 0 saturated heterocycles. The highest BCUT2D eigenvalue weighted by Crippen LogP contribution is 2.34. The predicted octanol–water partition coefficient (Wildman–Crippen LogP) is 4.14. The van der Waals surface area contributed by atoms with E-state index in [0.29, 0.717) is 16.1 Å². The molecule has 0 aliphatic heterocycles. The Labute approximate surface area is 178 Å². The molecule has 3 rings (SSSR count). The minimum absolute atomic E-state index is 0.119. The van der Waals surface area contributed by atoms with Gasteiger partial charge in [0.15, 0.2) is 6.61 Å². The molecule has 1 amide bonds. The first kappa shape index (κ1) is 21.4.